The maximum absolute atomic E-state index is 11.3. The van der Waals surface area contributed by atoms with E-state index in [1.165, 1.54) is 5.57 Å². The van der Waals surface area contributed by atoms with Gasteiger partial charge in [0, 0.05) is 19.3 Å². The van der Waals surface area contributed by atoms with Crippen molar-refractivity contribution in [2.24, 2.45) is 11.8 Å². The highest BCUT2D eigenvalue weighted by molar-refractivity contribution is 5.82. The Morgan fingerprint density at radius 2 is 2.25 bits per heavy atom. The van der Waals surface area contributed by atoms with Gasteiger partial charge in [0.15, 0.2) is 0 Å². The van der Waals surface area contributed by atoms with Crippen molar-refractivity contribution in [3.05, 3.63) is 11.6 Å². The van der Waals surface area contributed by atoms with Crippen molar-refractivity contribution in [3.8, 4) is 0 Å². The fourth-order valence-corrected chi connectivity index (χ4v) is 3.00. The molecule has 2 saturated carbocycles. The number of hydrogen-bond donors (Lipinski definition) is 1. The monoisotopic (exact) mass is 222 g/mol. The lowest BCUT2D eigenvalue weighted by molar-refractivity contribution is -0.137. The minimum atomic E-state index is -0.723. The minimum Gasteiger partial charge on any atom is -0.481 e. The van der Waals surface area contributed by atoms with Gasteiger partial charge in [-0.15, -0.1) is 0 Å². The van der Waals surface area contributed by atoms with Crippen molar-refractivity contribution in [2.75, 3.05) is 0 Å². The van der Waals surface area contributed by atoms with Crippen molar-refractivity contribution >= 4 is 11.8 Å². The van der Waals surface area contributed by atoms with E-state index < -0.39 is 5.97 Å². The van der Waals surface area contributed by atoms with Gasteiger partial charge in [-0.3, -0.25) is 9.59 Å². The molecule has 1 N–H and O–H groups in total. The topological polar surface area (TPSA) is 54.4 Å². The number of Topliss-reactive ketones (excluding diaryl/α,β-unsaturated/α-hetero) is 1. The van der Waals surface area contributed by atoms with Crippen LogP contribution in [0.5, 0.6) is 0 Å². The van der Waals surface area contributed by atoms with Crippen LogP contribution < -0.4 is 0 Å². The van der Waals surface area contributed by atoms with Crippen molar-refractivity contribution in [1.29, 1.82) is 0 Å². The number of ketones is 1. The third-order valence-electron chi connectivity index (χ3n) is 3.79. The highest BCUT2D eigenvalue weighted by Crippen LogP contribution is 2.45. The number of unbranched alkanes of at least 4 members (excludes halogenated alkanes) is 1. The number of aliphatic carboxylic acids is 1. The van der Waals surface area contributed by atoms with E-state index in [9.17, 15) is 9.59 Å². The molecule has 0 aromatic carbocycles. The number of carboxylic acid groups (broad SMARTS) is 1. The molecule has 0 radical (unpaired) electrons. The maximum atomic E-state index is 11.3. The summed E-state index contributed by atoms with van der Waals surface area (Å²) in [5, 5.41) is 8.53. The smallest absolute Gasteiger partial charge is 0.303 e. The molecule has 0 heterocycles. The molecule has 2 atom stereocenters. The summed E-state index contributed by atoms with van der Waals surface area (Å²) in [5.41, 5.74) is 1.42. The summed E-state index contributed by atoms with van der Waals surface area (Å²) in [6, 6.07) is 0. The van der Waals surface area contributed by atoms with Crippen LogP contribution in [0.25, 0.3) is 0 Å². The lowest BCUT2D eigenvalue weighted by Crippen LogP contribution is -2.00. The molecule has 3 heteroatoms. The fourth-order valence-electron chi connectivity index (χ4n) is 3.00. The summed E-state index contributed by atoms with van der Waals surface area (Å²) in [4.78, 5) is 21.7. The van der Waals surface area contributed by atoms with E-state index in [1.54, 1.807) is 0 Å². The van der Waals surface area contributed by atoms with Gasteiger partial charge >= 0.3 is 5.97 Å². The van der Waals surface area contributed by atoms with Crippen molar-refractivity contribution < 1.29 is 14.7 Å². The van der Waals surface area contributed by atoms with Crippen LogP contribution >= 0.6 is 0 Å². The number of hydrogen-bond acceptors (Lipinski definition) is 2. The lowest BCUT2D eigenvalue weighted by Gasteiger charge is -2.08. The molecule has 2 aliphatic rings. The summed E-state index contributed by atoms with van der Waals surface area (Å²) >= 11 is 0. The van der Waals surface area contributed by atoms with E-state index in [0.717, 1.165) is 32.1 Å². The van der Waals surface area contributed by atoms with Gasteiger partial charge in [0.1, 0.15) is 5.78 Å². The van der Waals surface area contributed by atoms with E-state index in [0.29, 0.717) is 24.0 Å². The molecule has 0 bridgehead atoms. The van der Waals surface area contributed by atoms with Crippen molar-refractivity contribution in [3.63, 3.8) is 0 Å². The van der Waals surface area contributed by atoms with E-state index in [4.69, 9.17) is 5.11 Å². The van der Waals surface area contributed by atoms with Crippen LogP contribution in [-0.2, 0) is 9.59 Å². The zero-order valence-corrected chi connectivity index (χ0v) is 9.45. The number of carboxylic acids is 1. The van der Waals surface area contributed by atoms with Gasteiger partial charge in [-0.1, -0.05) is 11.6 Å². The quantitative estimate of drug-likeness (QED) is 0.587. The standard InChI is InChI=1S/C13H18O3/c14-11-7-10-6-5-9(12(10)8-11)3-1-2-4-13(15)16/h3,10,12H,1-2,4-8H2,(H,15,16). The predicted molar refractivity (Wildman–Crippen MR) is 60.0 cm³/mol. The van der Waals surface area contributed by atoms with Gasteiger partial charge in [0.25, 0.3) is 0 Å². The molecule has 0 aromatic rings. The van der Waals surface area contributed by atoms with Crippen molar-refractivity contribution in [1.82, 2.24) is 0 Å². The summed E-state index contributed by atoms with van der Waals surface area (Å²) in [7, 11) is 0. The molecular weight excluding hydrogens is 204 g/mol. The second-order valence-electron chi connectivity index (χ2n) is 4.92. The maximum Gasteiger partial charge on any atom is 0.303 e. The normalized spacial score (nSPS) is 31.0. The van der Waals surface area contributed by atoms with Gasteiger partial charge in [-0.05, 0) is 37.5 Å². The number of carbonyl (C=O) groups excluding carboxylic acids is 1. The summed E-state index contributed by atoms with van der Waals surface area (Å²) in [6.07, 6.45) is 7.77. The molecule has 3 nitrogen and oxygen atoms in total. The fraction of sp³-hybridized carbons (Fsp3) is 0.692. The first-order valence-electron chi connectivity index (χ1n) is 6.09. The Balaban J connectivity index is 1.83. The predicted octanol–water partition coefficient (Wildman–Crippen LogP) is 2.56. The average Bonchev–Trinajstić information content (AvgIpc) is 2.72. The van der Waals surface area contributed by atoms with Crippen LogP contribution in [0, 0.1) is 11.8 Å². The van der Waals surface area contributed by atoms with Crippen LogP contribution in [-0.4, -0.2) is 16.9 Å². The van der Waals surface area contributed by atoms with Crippen LogP contribution in [0.4, 0.5) is 0 Å². The van der Waals surface area contributed by atoms with Gasteiger partial charge in [-0.25, -0.2) is 0 Å². The third kappa shape index (κ3) is 2.52. The van der Waals surface area contributed by atoms with Crippen LogP contribution in [0.3, 0.4) is 0 Å². The lowest BCUT2D eigenvalue weighted by atomic mass is 9.96. The summed E-state index contributed by atoms with van der Waals surface area (Å²) in [6.45, 7) is 0. The Hall–Kier alpha value is -1.12. The van der Waals surface area contributed by atoms with Gasteiger partial charge in [0.05, 0.1) is 0 Å². The summed E-state index contributed by atoms with van der Waals surface area (Å²) in [5.74, 6) is 0.778. The number of carbonyl (C=O) groups is 2. The highest BCUT2D eigenvalue weighted by atomic mass is 16.4. The second kappa shape index (κ2) is 4.81. The molecular formula is C13H18O3. The van der Waals surface area contributed by atoms with Gasteiger partial charge in [-0.2, -0.15) is 0 Å². The number of fused-ring (bicyclic) bond motifs is 1. The average molecular weight is 222 g/mol. The van der Waals surface area contributed by atoms with Gasteiger partial charge < -0.3 is 5.11 Å². The first-order valence-corrected chi connectivity index (χ1v) is 6.09. The molecule has 88 valence electrons. The van der Waals surface area contributed by atoms with Gasteiger partial charge in [0.2, 0.25) is 0 Å². The Bertz CT molecular complexity index is 330. The van der Waals surface area contributed by atoms with E-state index in [-0.39, 0.29) is 6.42 Å². The Kier molecular flexibility index (Phi) is 3.42. The molecule has 0 amide bonds. The number of allylic oxidation sites excluding steroid dienone is 2. The van der Waals surface area contributed by atoms with Crippen LogP contribution in [0.15, 0.2) is 11.6 Å². The first kappa shape index (κ1) is 11.4. The molecule has 0 saturated heterocycles. The van der Waals surface area contributed by atoms with Crippen LogP contribution in [0.2, 0.25) is 0 Å². The molecule has 0 spiro atoms. The zero-order chi connectivity index (χ0) is 11.5. The zero-order valence-electron chi connectivity index (χ0n) is 9.45. The second-order valence-corrected chi connectivity index (χ2v) is 4.92. The number of rotatable bonds is 4. The minimum absolute atomic E-state index is 0.247. The van der Waals surface area contributed by atoms with E-state index in [1.807, 2.05) is 0 Å². The Labute approximate surface area is 95.5 Å². The third-order valence-corrected chi connectivity index (χ3v) is 3.79. The Morgan fingerprint density at radius 1 is 1.44 bits per heavy atom. The highest BCUT2D eigenvalue weighted by Gasteiger charge is 2.38. The van der Waals surface area contributed by atoms with E-state index >= 15 is 0 Å². The molecule has 0 aromatic heterocycles. The van der Waals surface area contributed by atoms with E-state index in [2.05, 4.69) is 6.08 Å². The molecule has 2 unspecified atom stereocenters. The molecule has 2 fully saturated rings. The molecule has 16 heavy (non-hydrogen) atoms. The first-order chi connectivity index (χ1) is 7.66. The molecule has 2 rings (SSSR count). The SMILES string of the molecule is O=C(O)CCCC=C1CCC2CC(=O)CC12. The molecule has 2 aliphatic carbocycles. The Morgan fingerprint density at radius 3 is 3.00 bits per heavy atom. The van der Waals surface area contributed by atoms with Crippen molar-refractivity contribution in [2.45, 2.75) is 44.9 Å². The molecule has 0 aliphatic heterocycles. The summed E-state index contributed by atoms with van der Waals surface area (Å²) < 4.78 is 0. The largest absolute Gasteiger partial charge is 0.481 e. The van der Waals surface area contributed by atoms with Crippen LogP contribution in [0.1, 0.15) is 44.9 Å².